The second kappa shape index (κ2) is 7.19. The van der Waals surface area contributed by atoms with Gasteiger partial charge >= 0.3 is 0 Å². The molecule has 0 bridgehead atoms. The zero-order chi connectivity index (χ0) is 19.0. The summed E-state index contributed by atoms with van der Waals surface area (Å²) in [5.41, 5.74) is 4.43. The maximum absolute atomic E-state index is 10.5. The third-order valence-electron chi connectivity index (χ3n) is 5.45. The maximum Gasteiger partial charge on any atom is 0.228 e. The average Bonchev–Trinajstić information content (AvgIpc) is 3.13. The molecule has 1 aromatic carbocycles. The Bertz CT molecular complexity index is 941. The molecule has 6 nitrogen and oxygen atoms in total. The van der Waals surface area contributed by atoms with Crippen molar-refractivity contribution in [3.8, 4) is 17.0 Å². The van der Waals surface area contributed by atoms with Crippen molar-refractivity contribution >= 4 is 11.5 Å². The normalized spacial score (nSPS) is 18.1. The molecular formula is C21H27N5O. The molecular weight excluding hydrogens is 338 g/mol. The summed E-state index contributed by atoms with van der Waals surface area (Å²) >= 11 is 0. The molecule has 142 valence electrons. The lowest BCUT2D eigenvalue weighted by atomic mass is 10.0. The van der Waals surface area contributed by atoms with Crippen molar-refractivity contribution in [1.82, 2.24) is 19.5 Å². The molecule has 2 aromatic heterocycles. The zero-order valence-electron chi connectivity index (χ0n) is 16.2. The van der Waals surface area contributed by atoms with Crippen LogP contribution in [-0.2, 0) is 0 Å². The number of likely N-dealkylation sites (tertiary alicyclic amines) is 1. The predicted octanol–water partition coefficient (Wildman–Crippen LogP) is 3.61. The topological polar surface area (TPSA) is 65.7 Å². The highest BCUT2D eigenvalue weighted by atomic mass is 16.3. The van der Waals surface area contributed by atoms with Crippen LogP contribution >= 0.6 is 0 Å². The van der Waals surface area contributed by atoms with Gasteiger partial charge < -0.3 is 15.3 Å². The number of likely N-dealkylation sites (N-methyl/N-ethyl adjacent to an activating group) is 1. The van der Waals surface area contributed by atoms with Gasteiger partial charge in [0.1, 0.15) is 11.4 Å². The van der Waals surface area contributed by atoms with Crippen molar-refractivity contribution in [2.24, 2.45) is 0 Å². The van der Waals surface area contributed by atoms with Crippen LogP contribution in [0.25, 0.3) is 16.8 Å². The fourth-order valence-corrected chi connectivity index (χ4v) is 4.13. The Morgan fingerprint density at radius 1 is 1.26 bits per heavy atom. The van der Waals surface area contributed by atoms with Crippen LogP contribution < -0.4 is 5.32 Å². The molecule has 0 aliphatic carbocycles. The summed E-state index contributed by atoms with van der Waals surface area (Å²) in [5, 5.41) is 23.1. The first-order valence-electron chi connectivity index (χ1n) is 9.70. The van der Waals surface area contributed by atoms with Crippen molar-refractivity contribution in [3.63, 3.8) is 0 Å². The molecule has 6 heteroatoms. The van der Waals surface area contributed by atoms with Gasteiger partial charge in [0.25, 0.3) is 0 Å². The maximum atomic E-state index is 10.5. The lowest BCUT2D eigenvalue weighted by Gasteiger charge is -2.32. The molecule has 1 atom stereocenters. The minimum Gasteiger partial charge on any atom is -0.507 e. The first-order valence-corrected chi connectivity index (χ1v) is 9.70. The molecule has 4 rings (SSSR count). The SMILES string of the molecule is CCN1CCC[C@@H](Nc2nnc(-c3c(C)cc(C)cc3O)c3cccn23)C1. The number of nitrogens with one attached hydrogen (secondary N) is 1. The first-order chi connectivity index (χ1) is 13.1. The fourth-order valence-electron chi connectivity index (χ4n) is 4.13. The molecule has 0 amide bonds. The Balaban J connectivity index is 1.71. The van der Waals surface area contributed by atoms with Crippen LogP contribution in [0.3, 0.4) is 0 Å². The smallest absolute Gasteiger partial charge is 0.228 e. The standard InChI is InChI=1S/C21H27N5O/c1-4-25-9-5-7-16(13-25)22-21-24-23-20(17-8-6-10-26(17)21)19-15(3)11-14(2)12-18(19)27/h6,8,10-12,16,27H,4-5,7,9,13H2,1-3H3,(H,22,24)/t16-/m1/s1. The van der Waals surface area contributed by atoms with E-state index in [1.165, 1.54) is 13.0 Å². The molecule has 1 saturated heterocycles. The Morgan fingerprint density at radius 3 is 2.89 bits per heavy atom. The Hall–Kier alpha value is -2.60. The molecule has 0 unspecified atom stereocenters. The van der Waals surface area contributed by atoms with Crippen LogP contribution in [0.5, 0.6) is 5.75 Å². The van der Waals surface area contributed by atoms with E-state index in [9.17, 15) is 5.11 Å². The van der Waals surface area contributed by atoms with Crippen LogP contribution in [-0.4, -0.2) is 50.3 Å². The number of phenols is 1. The van der Waals surface area contributed by atoms with Gasteiger partial charge in [-0.15, -0.1) is 10.2 Å². The van der Waals surface area contributed by atoms with Crippen molar-refractivity contribution in [1.29, 1.82) is 0 Å². The largest absolute Gasteiger partial charge is 0.507 e. The van der Waals surface area contributed by atoms with E-state index in [1.807, 2.05) is 36.6 Å². The van der Waals surface area contributed by atoms with Gasteiger partial charge in [-0.2, -0.15) is 0 Å². The number of aromatic hydroxyl groups is 1. The van der Waals surface area contributed by atoms with E-state index < -0.39 is 0 Å². The predicted molar refractivity (Wildman–Crippen MR) is 108 cm³/mol. The van der Waals surface area contributed by atoms with Crippen molar-refractivity contribution < 1.29 is 5.11 Å². The van der Waals surface area contributed by atoms with E-state index in [4.69, 9.17) is 0 Å². The van der Waals surface area contributed by atoms with Gasteiger partial charge in [-0.1, -0.05) is 13.0 Å². The van der Waals surface area contributed by atoms with E-state index >= 15 is 0 Å². The summed E-state index contributed by atoms with van der Waals surface area (Å²) in [6, 6.07) is 8.22. The minimum atomic E-state index is 0.247. The molecule has 1 fully saturated rings. The van der Waals surface area contributed by atoms with Crippen LogP contribution in [0, 0.1) is 13.8 Å². The third kappa shape index (κ3) is 3.37. The lowest BCUT2D eigenvalue weighted by molar-refractivity contribution is 0.226. The lowest BCUT2D eigenvalue weighted by Crippen LogP contribution is -2.42. The summed E-state index contributed by atoms with van der Waals surface area (Å²) in [4.78, 5) is 2.46. The third-order valence-corrected chi connectivity index (χ3v) is 5.45. The van der Waals surface area contributed by atoms with Gasteiger partial charge in [-0.05, 0) is 69.1 Å². The summed E-state index contributed by atoms with van der Waals surface area (Å²) < 4.78 is 2.03. The number of anilines is 1. The van der Waals surface area contributed by atoms with Gasteiger partial charge in [0.05, 0.1) is 5.52 Å². The van der Waals surface area contributed by atoms with Gasteiger partial charge in [-0.3, -0.25) is 4.40 Å². The van der Waals surface area contributed by atoms with E-state index in [2.05, 4.69) is 33.4 Å². The highest BCUT2D eigenvalue weighted by molar-refractivity contribution is 5.83. The molecule has 27 heavy (non-hydrogen) atoms. The fraction of sp³-hybridized carbons (Fsp3) is 0.429. The quantitative estimate of drug-likeness (QED) is 0.739. The molecule has 3 aromatic rings. The molecule has 2 N–H and O–H groups in total. The number of rotatable bonds is 4. The molecule has 3 heterocycles. The molecule has 0 spiro atoms. The number of piperidine rings is 1. The van der Waals surface area contributed by atoms with Crippen LogP contribution in [0.4, 0.5) is 5.95 Å². The molecule has 1 aliphatic rings. The Morgan fingerprint density at radius 2 is 2.11 bits per heavy atom. The number of hydrogen-bond donors (Lipinski definition) is 2. The van der Waals surface area contributed by atoms with Crippen LogP contribution in [0.1, 0.15) is 30.9 Å². The summed E-state index contributed by atoms with van der Waals surface area (Å²) in [6.07, 6.45) is 4.33. The van der Waals surface area contributed by atoms with E-state index in [1.54, 1.807) is 6.07 Å². The van der Waals surface area contributed by atoms with Gasteiger partial charge in [0, 0.05) is 24.3 Å². The van der Waals surface area contributed by atoms with E-state index in [0.29, 0.717) is 11.7 Å². The summed E-state index contributed by atoms with van der Waals surface area (Å²) in [5.74, 6) is 1.00. The summed E-state index contributed by atoms with van der Waals surface area (Å²) in [7, 11) is 0. The number of hydrogen-bond acceptors (Lipinski definition) is 5. The van der Waals surface area contributed by atoms with Crippen LogP contribution in [0.15, 0.2) is 30.5 Å². The molecule has 0 saturated carbocycles. The number of aryl methyl sites for hydroxylation is 2. The molecule has 1 aliphatic heterocycles. The number of fused-ring (bicyclic) bond motifs is 1. The highest BCUT2D eigenvalue weighted by Crippen LogP contribution is 2.35. The van der Waals surface area contributed by atoms with Gasteiger partial charge in [0.15, 0.2) is 0 Å². The van der Waals surface area contributed by atoms with Crippen molar-refractivity contribution in [2.45, 2.75) is 39.7 Å². The number of phenolic OH excluding ortho intramolecular Hbond substituents is 1. The first kappa shape index (κ1) is 17.8. The number of nitrogens with zero attached hydrogens (tertiary/aromatic N) is 4. The van der Waals surface area contributed by atoms with E-state index in [-0.39, 0.29) is 5.75 Å². The van der Waals surface area contributed by atoms with Gasteiger partial charge in [-0.25, -0.2) is 0 Å². The Kier molecular flexibility index (Phi) is 4.74. The van der Waals surface area contributed by atoms with Crippen molar-refractivity contribution in [2.75, 3.05) is 25.0 Å². The number of benzene rings is 1. The van der Waals surface area contributed by atoms with Crippen molar-refractivity contribution in [3.05, 3.63) is 41.6 Å². The van der Waals surface area contributed by atoms with E-state index in [0.717, 1.165) is 47.7 Å². The zero-order valence-corrected chi connectivity index (χ0v) is 16.2. The highest BCUT2D eigenvalue weighted by Gasteiger charge is 2.21. The summed E-state index contributed by atoms with van der Waals surface area (Å²) in [6.45, 7) is 9.46. The Labute approximate surface area is 159 Å². The second-order valence-corrected chi connectivity index (χ2v) is 7.49. The van der Waals surface area contributed by atoms with Gasteiger partial charge in [0.2, 0.25) is 5.95 Å². The van der Waals surface area contributed by atoms with Crippen LogP contribution in [0.2, 0.25) is 0 Å². The second-order valence-electron chi connectivity index (χ2n) is 7.49. The number of aromatic nitrogens is 3. The monoisotopic (exact) mass is 365 g/mol. The minimum absolute atomic E-state index is 0.247. The average molecular weight is 365 g/mol. The molecule has 0 radical (unpaired) electrons.